The van der Waals surface area contributed by atoms with Gasteiger partial charge in [0.25, 0.3) is 0 Å². The summed E-state index contributed by atoms with van der Waals surface area (Å²) < 4.78 is 15.7. The molecule has 3 fully saturated rings. The van der Waals surface area contributed by atoms with Crippen molar-refractivity contribution in [3.63, 3.8) is 0 Å². The molecule has 3 saturated heterocycles. The number of carbonyl (C=O) groups is 3. The monoisotopic (exact) mass is 1250 g/mol. The number of nitrogens with two attached hydrogens (primary N) is 2. The number of aliphatic hydroxyl groups is 1. The zero-order valence-electron chi connectivity index (χ0n) is 46.7. The molecule has 0 aliphatic carbocycles. The number of benzene rings is 3. The van der Waals surface area contributed by atoms with Gasteiger partial charge in [0.2, 0.25) is 0 Å². The van der Waals surface area contributed by atoms with Crippen molar-refractivity contribution < 1.29 is 29.0 Å². The zero-order valence-corrected chi connectivity index (χ0v) is 55.4. The molecule has 0 spiro atoms. The van der Waals surface area contributed by atoms with Crippen LogP contribution in [0.2, 0.25) is 76.6 Å². The number of hydrogen-bond donors (Lipinski definition) is 3. The quantitative estimate of drug-likeness (QED) is 0.126. The van der Waals surface area contributed by atoms with Crippen molar-refractivity contribution in [1.82, 2.24) is 14.0 Å². The molecule has 6 rings (SSSR count). The number of nitrogens with zero attached hydrogens (tertiary/aromatic N) is 3. The minimum atomic E-state index is -1.34. The lowest BCUT2D eigenvalue weighted by atomic mass is 9.92. The molecule has 0 saturated carbocycles. The average molecular weight is 1250 g/mol. The lowest BCUT2D eigenvalue weighted by molar-refractivity contribution is -0.117. The molecular formula is C54H91Br2Cl2N5O6Si4. The molecule has 11 nitrogen and oxygen atoms in total. The molecule has 0 radical (unpaired) electrons. The summed E-state index contributed by atoms with van der Waals surface area (Å²) >= 11 is 19.2. The summed E-state index contributed by atoms with van der Waals surface area (Å²) in [6.07, 6.45) is 3.21. The standard InChI is InChI=1S/C17H26N2O3.C14H24BrNSi2.C9H15NO3.C8H10BrN.C6H16Cl2Si2/c1-16(2,3)22-15(20)19-11-9-17(21,12-19)14-6-4-13(5-7-14)8-10-18;1-17(2)11-12-18(3,4)16(17)10-9-13-5-7-14(15)8-6-13;1-9(2,3)13-8(12)10-5-4-7(11)6-10;9-8-3-1-7(2-4-8)5-6-10;1-9(2,7)5-6-10(3,4)8/h4-7,21H,8-12,18H2,1-3H3;5-8H,9-12H2,1-4H3;4-6H2,1-3H3;1-4H,5-6,10H2;5-6H2,1-4H3. The van der Waals surface area contributed by atoms with Gasteiger partial charge in [-0.2, -0.15) is 22.2 Å². The third-order valence-electron chi connectivity index (χ3n) is 12.5. The van der Waals surface area contributed by atoms with E-state index in [9.17, 15) is 19.5 Å². The van der Waals surface area contributed by atoms with Crippen molar-refractivity contribution in [1.29, 1.82) is 0 Å². The molecule has 3 aliphatic rings. The number of ketones is 1. The average Bonchev–Trinajstić information content (AvgIpc) is 3.95. The lowest BCUT2D eigenvalue weighted by Gasteiger charge is -2.39. The highest BCUT2D eigenvalue weighted by Gasteiger charge is 2.46. The van der Waals surface area contributed by atoms with Crippen molar-refractivity contribution in [2.24, 2.45) is 11.5 Å². The van der Waals surface area contributed by atoms with Crippen molar-refractivity contribution in [2.45, 2.75) is 167 Å². The number of rotatable bonds is 11. The van der Waals surface area contributed by atoms with E-state index in [1.807, 2.05) is 77.9 Å². The maximum atomic E-state index is 12.1. The van der Waals surface area contributed by atoms with Gasteiger partial charge >= 0.3 is 12.2 Å². The summed E-state index contributed by atoms with van der Waals surface area (Å²) in [5, 5.41) is 10.8. The third kappa shape index (κ3) is 27.3. The topological polar surface area (TPSA) is 152 Å². The van der Waals surface area contributed by atoms with Crippen LogP contribution < -0.4 is 11.5 Å². The Labute approximate surface area is 471 Å². The Morgan fingerprint density at radius 1 is 0.671 bits per heavy atom. The molecule has 19 heteroatoms. The van der Waals surface area contributed by atoms with E-state index in [0.29, 0.717) is 32.5 Å². The normalized spacial score (nSPS) is 18.5. The molecular weight excluding hydrogens is 1160 g/mol. The molecule has 412 valence electrons. The molecule has 1 unspecified atom stereocenters. The Kier molecular flexibility index (Phi) is 27.4. The summed E-state index contributed by atoms with van der Waals surface area (Å²) in [6, 6.07) is 30.2. The molecule has 3 aromatic rings. The summed E-state index contributed by atoms with van der Waals surface area (Å²) in [7, 11) is -4.86. The minimum absolute atomic E-state index is 0.103. The highest BCUT2D eigenvalue weighted by atomic mass is 79.9. The second-order valence-corrected chi connectivity index (χ2v) is 49.5. The second-order valence-electron chi connectivity index (χ2n) is 23.9. The van der Waals surface area contributed by atoms with Crippen LogP contribution in [0.4, 0.5) is 9.59 Å². The Balaban J connectivity index is 0.000000324. The van der Waals surface area contributed by atoms with E-state index >= 15 is 0 Å². The van der Waals surface area contributed by atoms with E-state index in [2.05, 4.69) is 125 Å². The molecule has 73 heavy (non-hydrogen) atoms. The van der Waals surface area contributed by atoms with Gasteiger partial charge < -0.3 is 40.1 Å². The van der Waals surface area contributed by atoms with Crippen LogP contribution in [0, 0.1) is 0 Å². The van der Waals surface area contributed by atoms with Gasteiger partial charge in [0.1, 0.15) is 48.0 Å². The van der Waals surface area contributed by atoms with E-state index < -0.39 is 54.1 Å². The first-order valence-corrected chi connectivity index (χ1v) is 42.1. The number of hydrogen-bond acceptors (Lipinski definition) is 9. The largest absolute Gasteiger partial charge is 0.444 e. The molecule has 5 N–H and O–H groups in total. The molecule has 3 aliphatic heterocycles. The van der Waals surface area contributed by atoms with Gasteiger partial charge in [-0.15, -0.1) is 0 Å². The Hall–Kier alpha value is -1.88. The molecule has 3 heterocycles. The van der Waals surface area contributed by atoms with Crippen molar-refractivity contribution in [3.05, 3.63) is 104 Å². The van der Waals surface area contributed by atoms with Gasteiger partial charge in [0, 0.05) is 28.5 Å². The maximum absolute atomic E-state index is 12.1. The minimum Gasteiger partial charge on any atom is -0.444 e. The lowest BCUT2D eigenvalue weighted by Crippen LogP contribution is -2.55. The fourth-order valence-electron chi connectivity index (χ4n) is 8.38. The second kappa shape index (κ2) is 29.7. The van der Waals surface area contributed by atoms with E-state index in [4.69, 9.17) is 43.1 Å². The number of likely N-dealkylation sites (tertiary alicyclic amines) is 2. The molecule has 3 aromatic carbocycles. The van der Waals surface area contributed by atoms with E-state index in [1.165, 1.54) is 45.6 Å². The van der Waals surface area contributed by atoms with Gasteiger partial charge in [0.15, 0.2) is 5.78 Å². The number of ether oxygens (including phenoxy) is 2. The molecule has 0 aromatic heterocycles. The first-order valence-electron chi connectivity index (χ1n) is 25.8. The van der Waals surface area contributed by atoms with Crippen LogP contribution in [0.25, 0.3) is 0 Å². The number of halogens is 4. The molecule has 0 bridgehead atoms. The fourth-order valence-corrected chi connectivity index (χ4v) is 29.5. The SMILES string of the molecule is CC(C)(C)OC(=O)N1CCC(=O)C1.CC(C)(C)OC(=O)N1CCC(O)(c2ccc(CCN)cc2)C1.C[Si](C)(Cl)CC[Si](C)(C)Cl.C[Si]1(C)CC[Si](C)(C)N1CCc1ccc(Br)cc1.NCCc1ccc(Br)cc1. The van der Waals surface area contributed by atoms with Gasteiger partial charge in [0.05, 0.1) is 13.1 Å². The van der Waals surface area contributed by atoms with E-state index in [-0.39, 0.29) is 25.0 Å². The Morgan fingerprint density at radius 2 is 1.05 bits per heavy atom. The van der Waals surface area contributed by atoms with Crippen molar-refractivity contribution in [2.75, 3.05) is 45.8 Å². The maximum Gasteiger partial charge on any atom is 0.410 e. The van der Waals surface area contributed by atoms with Gasteiger partial charge in [-0.3, -0.25) is 4.79 Å². The Morgan fingerprint density at radius 3 is 1.41 bits per heavy atom. The molecule has 1 atom stereocenters. The number of β-amino-alcohol motifs (C(OH)–C–C–N with tert-alkyl or cyclic N) is 1. The van der Waals surface area contributed by atoms with E-state index in [0.717, 1.165) is 47.1 Å². The predicted molar refractivity (Wildman–Crippen MR) is 325 cm³/mol. The smallest absolute Gasteiger partial charge is 0.410 e. The van der Waals surface area contributed by atoms with Gasteiger partial charge in [-0.05, 0) is 158 Å². The highest BCUT2D eigenvalue weighted by molar-refractivity contribution is 9.10. The fraction of sp³-hybridized carbons (Fsp3) is 0.611. The van der Waals surface area contributed by atoms with Crippen LogP contribution >= 0.6 is 54.0 Å². The summed E-state index contributed by atoms with van der Waals surface area (Å²) in [5.41, 5.74) is 13.7. The zero-order chi connectivity index (χ0) is 55.6. The number of Topliss-reactive ketones (excluding diaryl/α,β-unsaturated/α-hetero) is 1. The van der Waals surface area contributed by atoms with Gasteiger partial charge in [-0.25, -0.2) is 9.59 Å². The number of carbonyl (C=O) groups excluding carboxylic acids is 3. The number of amides is 2. The first-order chi connectivity index (χ1) is 33.5. The summed E-state index contributed by atoms with van der Waals surface area (Å²) in [6.45, 7) is 33.9. The van der Waals surface area contributed by atoms with Crippen LogP contribution in [0.15, 0.2) is 81.7 Å². The van der Waals surface area contributed by atoms with Gasteiger partial charge in [-0.1, -0.05) is 133 Å². The predicted octanol–water partition coefficient (Wildman–Crippen LogP) is 13.8. The third-order valence-corrected chi connectivity index (χ3v) is 28.5. The van der Waals surface area contributed by atoms with Crippen molar-refractivity contribution in [3.8, 4) is 0 Å². The van der Waals surface area contributed by atoms with Crippen LogP contribution in [0.5, 0.6) is 0 Å². The van der Waals surface area contributed by atoms with Crippen molar-refractivity contribution >= 4 is 103 Å². The summed E-state index contributed by atoms with van der Waals surface area (Å²) in [5.74, 6) is 0.103. The first kappa shape index (κ1) is 67.2. The summed E-state index contributed by atoms with van der Waals surface area (Å²) in [4.78, 5) is 37.3. The van der Waals surface area contributed by atoms with Crippen LogP contribution in [-0.4, -0.2) is 125 Å². The molecule has 2 amide bonds. The van der Waals surface area contributed by atoms with E-state index in [1.54, 1.807) is 4.90 Å². The van der Waals surface area contributed by atoms with Crippen LogP contribution in [0.1, 0.15) is 76.6 Å². The Bertz CT molecular complexity index is 2120. The van der Waals surface area contributed by atoms with Crippen LogP contribution in [0.3, 0.4) is 0 Å². The van der Waals surface area contributed by atoms with Crippen LogP contribution in [-0.2, 0) is 39.1 Å². The highest BCUT2D eigenvalue weighted by Crippen LogP contribution is 2.37.